The first-order valence-electron chi connectivity index (χ1n) is 6.75. The summed E-state index contributed by atoms with van der Waals surface area (Å²) in [5, 5.41) is 7.00. The third kappa shape index (κ3) is 2.96. The summed E-state index contributed by atoms with van der Waals surface area (Å²) >= 11 is 0. The van der Waals surface area contributed by atoms with Gasteiger partial charge < -0.3 is 15.4 Å². The lowest BCUT2D eigenvalue weighted by atomic mass is 9.99. The topological polar surface area (TPSA) is 33.3 Å². The molecule has 2 rings (SSSR count). The van der Waals surface area contributed by atoms with Crippen LogP contribution in [0.4, 0.5) is 0 Å². The molecule has 2 unspecified atom stereocenters. The van der Waals surface area contributed by atoms with Crippen molar-refractivity contribution in [3.8, 4) is 0 Å². The van der Waals surface area contributed by atoms with Gasteiger partial charge in [-0.25, -0.2) is 0 Å². The van der Waals surface area contributed by atoms with Gasteiger partial charge in [-0.3, -0.25) is 0 Å². The van der Waals surface area contributed by atoms with Crippen molar-refractivity contribution in [2.45, 2.75) is 38.6 Å². The SMILES string of the molecule is CCCC1(CNCC2COCC2NC)CC1. The van der Waals surface area contributed by atoms with Crippen molar-refractivity contribution < 1.29 is 4.74 Å². The summed E-state index contributed by atoms with van der Waals surface area (Å²) in [6, 6.07) is 0.550. The maximum absolute atomic E-state index is 5.50. The Morgan fingerprint density at radius 1 is 1.31 bits per heavy atom. The zero-order chi connectivity index (χ0) is 11.4. The quantitative estimate of drug-likeness (QED) is 0.688. The molecule has 1 saturated carbocycles. The van der Waals surface area contributed by atoms with Gasteiger partial charge in [0.1, 0.15) is 0 Å². The van der Waals surface area contributed by atoms with Crippen molar-refractivity contribution >= 4 is 0 Å². The fourth-order valence-electron chi connectivity index (χ4n) is 2.86. The van der Waals surface area contributed by atoms with Gasteiger partial charge in [-0.05, 0) is 31.7 Å². The third-order valence-corrected chi connectivity index (χ3v) is 4.21. The molecule has 3 heteroatoms. The first-order chi connectivity index (χ1) is 7.79. The Kier molecular flexibility index (Phi) is 4.22. The summed E-state index contributed by atoms with van der Waals surface area (Å²) in [6.07, 6.45) is 5.60. The molecule has 2 fully saturated rings. The summed E-state index contributed by atoms with van der Waals surface area (Å²) in [5.74, 6) is 0.655. The molecule has 0 amide bonds. The van der Waals surface area contributed by atoms with Gasteiger partial charge in [-0.15, -0.1) is 0 Å². The van der Waals surface area contributed by atoms with Crippen LogP contribution in [-0.4, -0.2) is 39.4 Å². The highest BCUT2D eigenvalue weighted by atomic mass is 16.5. The van der Waals surface area contributed by atoms with E-state index >= 15 is 0 Å². The molecule has 2 atom stereocenters. The molecule has 1 saturated heterocycles. The summed E-state index contributed by atoms with van der Waals surface area (Å²) in [4.78, 5) is 0. The summed E-state index contributed by atoms with van der Waals surface area (Å²) in [5.41, 5.74) is 0.670. The van der Waals surface area contributed by atoms with Gasteiger partial charge in [-0.1, -0.05) is 13.3 Å². The number of ether oxygens (including phenoxy) is 1. The van der Waals surface area contributed by atoms with E-state index in [9.17, 15) is 0 Å². The lowest BCUT2D eigenvalue weighted by Gasteiger charge is -2.20. The molecule has 0 bridgehead atoms. The molecular weight excluding hydrogens is 200 g/mol. The minimum Gasteiger partial charge on any atom is -0.379 e. The normalized spacial score (nSPS) is 31.9. The molecule has 1 aliphatic heterocycles. The minimum absolute atomic E-state index is 0.550. The molecule has 0 spiro atoms. The minimum atomic E-state index is 0.550. The molecular formula is C13H26N2O. The fourth-order valence-corrected chi connectivity index (χ4v) is 2.86. The Bertz CT molecular complexity index is 216. The van der Waals surface area contributed by atoms with Crippen molar-refractivity contribution in [1.29, 1.82) is 0 Å². The molecule has 0 aromatic heterocycles. The summed E-state index contributed by atoms with van der Waals surface area (Å²) < 4.78 is 5.50. The maximum Gasteiger partial charge on any atom is 0.0623 e. The van der Waals surface area contributed by atoms with E-state index in [1.165, 1.54) is 32.2 Å². The van der Waals surface area contributed by atoms with Crippen LogP contribution in [0.25, 0.3) is 0 Å². The molecule has 0 radical (unpaired) electrons. The van der Waals surface area contributed by atoms with Crippen LogP contribution in [0.15, 0.2) is 0 Å². The van der Waals surface area contributed by atoms with Gasteiger partial charge in [0.2, 0.25) is 0 Å². The van der Waals surface area contributed by atoms with Gasteiger partial charge in [-0.2, -0.15) is 0 Å². The van der Waals surface area contributed by atoms with Crippen molar-refractivity contribution in [3.63, 3.8) is 0 Å². The summed E-state index contributed by atoms with van der Waals surface area (Å²) in [6.45, 7) is 6.41. The van der Waals surface area contributed by atoms with Gasteiger partial charge in [0, 0.05) is 25.0 Å². The van der Waals surface area contributed by atoms with E-state index in [1.54, 1.807) is 0 Å². The first-order valence-corrected chi connectivity index (χ1v) is 6.75. The molecule has 2 N–H and O–H groups in total. The molecule has 16 heavy (non-hydrogen) atoms. The monoisotopic (exact) mass is 226 g/mol. The van der Waals surface area contributed by atoms with Crippen LogP contribution in [0.5, 0.6) is 0 Å². The zero-order valence-corrected chi connectivity index (χ0v) is 10.7. The van der Waals surface area contributed by atoms with Gasteiger partial charge in [0.15, 0.2) is 0 Å². The highest BCUT2D eigenvalue weighted by Gasteiger charge is 2.41. The second kappa shape index (κ2) is 5.48. The van der Waals surface area contributed by atoms with Gasteiger partial charge in [0.25, 0.3) is 0 Å². The van der Waals surface area contributed by atoms with Crippen molar-refractivity contribution in [3.05, 3.63) is 0 Å². The maximum atomic E-state index is 5.50. The number of nitrogens with one attached hydrogen (secondary N) is 2. The van der Waals surface area contributed by atoms with E-state index < -0.39 is 0 Å². The Balaban J connectivity index is 1.64. The zero-order valence-electron chi connectivity index (χ0n) is 10.7. The van der Waals surface area contributed by atoms with Crippen LogP contribution in [-0.2, 0) is 4.74 Å². The van der Waals surface area contributed by atoms with Crippen LogP contribution < -0.4 is 10.6 Å². The number of hydrogen-bond donors (Lipinski definition) is 2. The largest absolute Gasteiger partial charge is 0.379 e. The Morgan fingerprint density at radius 3 is 2.75 bits per heavy atom. The number of rotatable bonds is 7. The third-order valence-electron chi connectivity index (χ3n) is 4.21. The lowest BCUT2D eigenvalue weighted by molar-refractivity contribution is 0.182. The molecule has 3 nitrogen and oxygen atoms in total. The molecule has 2 aliphatic rings. The van der Waals surface area contributed by atoms with Crippen LogP contribution in [0, 0.1) is 11.3 Å². The average Bonchev–Trinajstić information content (AvgIpc) is 2.90. The molecule has 0 aromatic carbocycles. The summed E-state index contributed by atoms with van der Waals surface area (Å²) in [7, 11) is 2.03. The van der Waals surface area contributed by atoms with Crippen LogP contribution in [0.1, 0.15) is 32.6 Å². The predicted molar refractivity (Wildman–Crippen MR) is 66.6 cm³/mol. The van der Waals surface area contributed by atoms with Crippen molar-refractivity contribution in [2.24, 2.45) is 11.3 Å². The molecule has 1 heterocycles. The Hall–Kier alpha value is -0.120. The lowest BCUT2D eigenvalue weighted by Crippen LogP contribution is -2.39. The second-order valence-electron chi connectivity index (χ2n) is 5.57. The highest BCUT2D eigenvalue weighted by molar-refractivity contribution is 4.94. The van der Waals surface area contributed by atoms with E-state index in [2.05, 4.69) is 17.6 Å². The predicted octanol–water partition coefficient (Wildman–Crippen LogP) is 1.39. The van der Waals surface area contributed by atoms with Crippen LogP contribution in [0.3, 0.4) is 0 Å². The number of likely N-dealkylation sites (N-methyl/N-ethyl adjacent to an activating group) is 1. The molecule has 94 valence electrons. The second-order valence-corrected chi connectivity index (χ2v) is 5.57. The van der Waals surface area contributed by atoms with Gasteiger partial charge >= 0.3 is 0 Å². The van der Waals surface area contributed by atoms with Crippen molar-refractivity contribution in [2.75, 3.05) is 33.4 Å². The average molecular weight is 226 g/mol. The fraction of sp³-hybridized carbons (Fsp3) is 1.00. The van der Waals surface area contributed by atoms with Gasteiger partial charge in [0.05, 0.1) is 13.2 Å². The Morgan fingerprint density at radius 2 is 2.12 bits per heavy atom. The standard InChI is InChI=1S/C13H26N2O/c1-3-4-13(5-6-13)10-15-7-11-8-16-9-12(11)14-2/h11-12,14-15H,3-10H2,1-2H3. The molecule has 1 aliphatic carbocycles. The Labute approximate surface area is 99.3 Å². The van der Waals surface area contributed by atoms with Crippen LogP contribution in [0.2, 0.25) is 0 Å². The van der Waals surface area contributed by atoms with E-state index in [1.807, 2.05) is 7.05 Å². The van der Waals surface area contributed by atoms with E-state index in [0.717, 1.165) is 19.8 Å². The van der Waals surface area contributed by atoms with Crippen LogP contribution >= 0.6 is 0 Å². The van der Waals surface area contributed by atoms with E-state index in [4.69, 9.17) is 4.74 Å². The smallest absolute Gasteiger partial charge is 0.0623 e. The van der Waals surface area contributed by atoms with E-state index in [0.29, 0.717) is 17.4 Å². The first kappa shape index (κ1) is 12.3. The highest BCUT2D eigenvalue weighted by Crippen LogP contribution is 2.48. The molecule has 0 aromatic rings. The van der Waals surface area contributed by atoms with Crippen molar-refractivity contribution in [1.82, 2.24) is 10.6 Å². The van der Waals surface area contributed by atoms with E-state index in [-0.39, 0.29) is 0 Å². The number of hydrogen-bond acceptors (Lipinski definition) is 3.